The van der Waals surface area contributed by atoms with Crippen LogP contribution in [0.4, 0.5) is 0 Å². The molecule has 2 saturated heterocycles. The van der Waals surface area contributed by atoms with Gasteiger partial charge in [0.05, 0.1) is 5.92 Å². The van der Waals surface area contributed by atoms with Gasteiger partial charge < -0.3 is 9.80 Å². The van der Waals surface area contributed by atoms with Crippen molar-refractivity contribution in [3.63, 3.8) is 0 Å². The summed E-state index contributed by atoms with van der Waals surface area (Å²) < 4.78 is 0. The van der Waals surface area contributed by atoms with Gasteiger partial charge in [0.2, 0.25) is 11.8 Å². The van der Waals surface area contributed by atoms with Gasteiger partial charge in [-0.05, 0) is 33.1 Å². The second kappa shape index (κ2) is 4.67. The number of hydrogen-bond donors (Lipinski definition) is 0. The van der Waals surface area contributed by atoms with Crippen molar-refractivity contribution in [1.82, 2.24) is 9.80 Å². The lowest BCUT2D eigenvalue weighted by Gasteiger charge is -2.45. The van der Waals surface area contributed by atoms with E-state index in [9.17, 15) is 9.59 Å². The first-order valence-corrected chi connectivity index (χ1v) is 6.58. The van der Waals surface area contributed by atoms with E-state index in [0.717, 1.165) is 12.8 Å². The fraction of sp³-hybridized carbons (Fsp3) is 0.846. The maximum absolute atomic E-state index is 12.4. The Morgan fingerprint density at radius 1 is 1.06 bits per heavy atom. The quantitative estimate of drug-likeness (QED) is 0.690. The highest BCUT2D eigenvalue weighted by atomic mass is 16.2. The molecule has 0 aromatic carbocycles. The van der Waals surface area contributed by atoms with Crippen molar-refractivity contribution in [3.8, 4) is 0 Å². The van der Waals surface area contributed by atoms with Crippen molar-refractivity contribution in [3.05, 3.63) is 0 Å². The number of amides is 2. The number of carbonyl (C=O) groups is 2. The lowest BCUT2D eigenvalue weighted by molar-refractivity contribution is -0.151. The molecule has 0 spiro atoms. The Labute approximate surface area is 103 Å². The summed E-state index contributed by atoms with van der Waals surface area (Å²) in [7, 11) is 0. The Morgan fingerprint density at radius 2 is 1.59 bits per heavy atom. The number of nitrogens with zero attached hydrogens (tertiary/aromatic N) is 2. The van der Waals surface area contributed by atoms with E-state index < -0.39 is 0 Å². The number of likely N-dealkylation sites (tertiary alicyclic amines) is 2. The second-order valence-electron chi connectivity index (χ2n) is 5.50. The summed E-state index contributed by atoms with van der Waals surface area (Å²) in [5, 5.41) is 0. The van der Waals surface area contributed by atoms with E-state index in [1.165, 1.54) is 6.42 Å². The fourth-order valence-corrected chi connectivity index (χ4v) is 2.96. The normalized spacial score (nSPS) is 30.1. The summed E-state index contributed by atoms with van der Waals surface area (Å²) in [4.78, 5) is 27.2. The Bertz CT molecular complexity index is 313. The first-order chi connectivity index (χ1) is 8.00. The Kier molecular flexibility index (Phi) is 3.40. The van der Waals surface area contributed by atoms with E-state index in [-0.39, 0.29) is 17.7 Å². The first-order valence-electron chi connectivity index (χ1n) is 6.58. The molecule has 0 radical (unpaired) electrons. The van der Waals surface area contributed by atoms with Crippen LogP contribution in [0.1, 0.15) is 40.0 Å². The van der Waals surface area contributed by atoms with Gasteiger partial charge >= 0.3 is 0 Å². The van der Waals surface area contributed by atoms with Gasteiger partial charge in [-0.15, -0.1) is 0 Å². The largest absolute Gasteiger partial charge is 0.341 e. The first kappa shape index (κ1) is 12.4. The molecular weight excluding hydrogens is 216 g/mol. The van der Waals surface area contributed by atoms with Crippen molar-refractivity contribution in [1.29, 1.82) is 0 Å². The molecule has 0 aromatic heterocycles. The van der Waals surface area contributed by atoms with Gasteiger partial charge in [0.1, 0.15) is 0 Å². The van der Waals surface area contributed by atoms with Crippen molar-refractivity contribution in [2.24, 2.45) is 5.92 Å². The smallest absolute Gasteiger partial charge is 0.229 e. The summed E-state index contributed by atoms with van der Waals surface area (Å²) >= 11 is 0. The topological polar surface area (TPSA) is 40.6 Å². The maximum Gasteiger partial charge on any atom is 0.229 e. The minimum atomic E-state index is 0.0434. The molecule has 2 aliphatic rings. The molecule has 2 atom stereocenters. The molecule has 0 aromatic rings. The summed E-state index contributed by atoms with van der Waals surface area (Å²) in [6.45, 7) is 7.06. The monoisotopic (exact) mass is 238 g/mol. The zero-order valence-corrected chi connectivity index (χ0v) is 11.0. The van der Waals surface area contributed by atoms with Crippen LogP contribution in [-0.2, 0) is 9.59 Å². The van der Waals surface area contributed by atoms with E-state index in [1.807, 2.05) is 4.90 Å². The highest BCUT2D eigenvalue weighted by Crippen LogP contribution is 2.27. The van der Waals surface area contributed by atoms with Gasteiger partial charge in [0, 0.05) is 32.1 Å². The lowest BCUT2D eigenvalue weighted by Crippen LogP contribution is -2.59. The summed E-state index contributed by atoms with van der Waals surface area (Å²) in [5.41, 5.74) is 0. The van der Waals surface area contributed by atoms with Crippen LogP contribution in [-0.4, -0.2) is 46.8 Å². The molecule has 4 heteroatoms. The molecule has 2 aliphatic heterocycles. The van der Waals surface area contributed by atoms with Gasteiger partial charge in [0.15, 0.2) is 0 Å². The summed E-state index contributed by atoms with van der Waals surface area (Å²) in [6, 6.07) is 0.718. The van der Waals surface area contributed by atoms with E-state index in [0.29, 0.717) is 25.2 Å². The average molecular weight is 238 g/mol. The van der Waals surface area contributed by atoms with E-state index >= 15 is 0 Å². The van der Waals surface area contributed by atoms with Crippen LogP contribution < -0.4 is 0 Å². The summed E-state index contributed by atoms with van der Waals surface area (Å²) in [5.74, 6) is 0.373. The number of rotatable bonds is 1. The van der Waals surface area contributed by atoms with Crippen LogP contribution in [0, 0.1) is 5.92 Å². The minimum absolute atomic E-state index is 0.0434. The SMILES string of the molecule is CC(=O)N1CC(C(=O)N2C(C)CCCC2C)C1. The predicted octanol–water partition coefficient (Wildman–Crippen LogP) is 1.25. The van der Waals surface area contributed by atoms with Crippen LogP contribution in [0.2, 0.25) is 0 Å². The van der Waals surface area contributed by atoms with Crippen molar-refractivity contribution >= 4 is 11.8 Å². The molecule has 2 heterocycles. The fourth-order valence-electron chi connectivity index (χ4n) is 2.96. The maximum atomic E-state index is 12.4. The van der Waals surface area contributed by atoms with Crippen molar-refractivity contribution < 1.29 is 9.59 Å². The molecule has 2 amide bonds. The molecule has 0 bridgehead atoms. The molecule has 4 nitrogen and oxygen atoms in total. The zero-order valence-electron chi connectivity index (χ0n) is 11.0. The van der Waals surface area contributed by atoms with Crippen LogP contribution in [0.3, 0.4) is 0 Å². The zero-order chi connectivity index (χ0) is 12.6. The lowest BCUT2D eigenvalue weighted by atomic mass is 9.92. The molecule has 0 saturated carbocycles. The minimum Gasteiger partial charge on any atom is -0.341 e. The third-order valence-corrected chi connectivity index (χ3v) is 4.12. The van der Waals surface area contributed by atoms with Gasteiger partial charge in [-0.25, -0.2) is 0 Å². The number of hydrogen-bond acceptors (Lipinski definition) is 2. The Balaban J connectivity index is 1.94. The number of piperidine rings is 1. The molecule has 0 N–H and O–H groups in total. The predicted molar refractivity (Wildman–Crippen MR) is 65.4 cm³/mol. The van der Waals surface area contributed by atoms with Gasteiger partial charge in [0.25, 0.3) is 0 Å². The Morgan fingerprint density at radius 3 is 2.06 bits per heavy atom. The Hall–Kier alpha value is -1.06. The second-order valence-corrected chi connectivity index (χ2v) is 5.50. The van der Waals surface area contributed by atoms with Gasteiger partial charge in [-0.1, -0.05) is 0 Å². The van der Waals surface area contributed by atoms with E-state index in [4.69, 9.17) is 0 Å². The molecule has 96 valence electrons. The van der Waals surface area contributed by atoms with Gasteiger partial charge in [-0.2, -0.15) is 0 Å². The van der Waals surface area contributed by atoms with Crippen LogP contribution in [0.5, 0.6) is 0 Å². The third kappa shape index (κ3) is 2.31. The highest BCUT2D eigenvalue weighted by molar-refractivity contribution is 5.84. The third-order valence-electron chi connectivity index (χ3n) is 4.12. The van der Waals surface area contributed by atoms with E-state index in [2.05, 4.69) is 13.8 Å². The van der Waals surface area contributed by atoms with Crippen molar-refractivity contribution in [2.45, 2.75) is 52.1 Å². The standard InChI is InChI=1S/C13H22N2O2/c1-9-5-4-6-10(2)15(9)13(17)12-7-14(8-12)11(3)16/h9-10,12H,4-8H2,1-3H3. The average Bonchev–Trinajstić information content (AvgIpc) is 2.13. The molecule has 2 fully saturated rings. The van der Waals surface area contributed by atoms with Crippen LogP contribution >= 0.6 is 0 Å². The van der Waals surface area contributed by atoms with Gasteiger partial charge in [-0.3, -0.25) is 9.59 Å². The highest BCUT2D eigenvalue weighted by Gasteiger charge is 2.40. The van der Waals surface area contributed by atoms with E-state index in [1.54, 1.807) is 11.8 Å². The molecule has 17 heavy (non-hydrogen) atoms. The number of carbonyl (C=O) groups excluding carboxylic acids is 2. The van der Waals surface area contributed by atoms with Crippen molar-refractivity contribution in [2.75, 3.05) is 13.1 Å². The summed E-state index contributed by atoms with van der Waals surface area (Å²) in [6.07, 6.45) is 3.44. The van der Waals surface area contributed by atoms with Crippen LogP contribution in [0.25, 0.3) is 0 Å². The molecule has 2 unspecified atom stereocenters. The molecule has 2 rings (SSSR count). The van der Waals surface area contributed by atoms with Crippen LogP contribution in [0.15, 0.2) is 0 Å². The molecular formula is C13H22N2O2. The molecule has 0 aliphatic carbocycles.